The largest absolute Gasteiger partial charge is 0.480 e. The van der Waals surface area contributed by atoms with E-state index < -0.39 is 48.3 Å². The second-order valence-corrected chi connectivity index (χ2v) is 5.86. The SMILES string of the molecule is CC(O)[C@H](NC(=O)N[C@@H](CC(N)=O)c1nc(-c2cccc(F)c2)no1)C(=O)O. The maximum atomic E-state index is 13.3. The van der Waals surface area contributed by atoms with E-state index >= 15 is 0 Å². The number of aromatic nitrogens is 2. The second kappa shape index (κ2) is 8.90. The number of nitrogens with zero attached hydrogens (tertiary/aromatic N) is 2. The number of nitrogens with one attached hydrogen (secondary N) is 2. The van der Waals surface area contributed by atoms with E-state index in [-0.39, 0.29) is 11.7 Å². The zero-order valence-corrected chi connectivity index (χ0v) is 14.6. The molecular weight excluding hydrogens is 377 g/mol. The average Bonchev–Trinajstić information content (AvgIpc) is 3.08. The third kappa shape index (κ3) is 5.48. The van der Waals surface area contributed by atoms with Gasteiger partial charge in [0.15, 0.2) is 6.04 Å². The fourth-order valence-corrected chi connectivity index (χ4v) is 2.25. The maximum Gasteiger partial charge on any atom is 0.328 e. The van der Waals surface area contributed by atoms with Gasteiger partial charge in [0.1, 0.15) is 11.9 Å². The molecule has 3 amide bonds. The molecule has 3 atom stereocenters. The van der Waals surface area contributed by atoms with E-state index in [9.17, 15) is 23.9 Å². The first-order chi connectivity index (χ1) is 13.2. The molecule has 0 aliphatic rings. The molecule has 0 bridgehead atoms. The summed E-state index contributed by atoms with van der Waals surface area (Å²) in [4.78, 5) is 38.4. The molecule has 11 nitrogen and oxygen atoms in total. The molecule has 12 heteroatoms. The van der Waals surface area contributed by atoms with Crippen molar-refractivity contribution in [2.75, 3.05) is 0 Å². The molecule has 1 heterocycles. The van der Waals surface area contributed by atoms with Crippen LogP contribution in [0.25, 0.3) is 11.4 Å². The summed E-state index contributed by atoms with van der Waals surface area (Å²) in [5, 5.41) is 26.4. The number of primary amides is 1. The Morgan fingerprint density at radius 1 is 1.32 bits per heavy atom. The molecule has 0 fully saturated rings. The van der Waals surface area contributed by atoms with Crippen molar-refractivity contribution in [3.63, 3.8) is 0 Å². The fraction of sp³-hybridized carbons (Fsp3) is 0.312. The number of hydrogen-bond acceptors (Lipinski definition) is 7. The van der Waals surface area contributed by atoms with Crippen molar-refractivity contribution in [2.45, 2.75) is 31.5 Å². The summed E-state index contributed by atoms with van der Waals surface area (Å²) >= 11 is 0. The molecule has 1 aromatic carbocycles. The summed E-state index contributed by atoms with van der Waals surface area (Å²) in [5.74, 6) is -2.97. The van der Waals surface area contributed by atoms with Crippen LogP contribution in [0.4, 0.5) is 9.18 Å². The Labute approximate surface area is 157 Å². The van der Waals surface area contributed by atoms with Crippen LogP contribution in [0.2, 0.25) is 0 Å². The van der Waals surface area contributed by atoms with E-state index in [0.29, 0.717) is 5.56 Å². The van der Waals surface area contributed by atoms with Crippen LogP contribution in [0, 0.1) is 5.82 Å². The lowest BCUT2D eigenvalue weighted by Crippen LogP contribution is -2.52. The van der Waals surface area contributed by atoms with Crippen LogP contribution in [-0.2, 0) is 9.59 Å². The van der Waals surface area contributed by atoms with E-state index in [1.54, 1.807) is 0 Å². The Morgan fingerprint density at radius 2 is 2.04 bits per heavy atom. The zero-order valence-electron chi connectivity index (χ0n) is 14.6. The Kier molecular flexibility index (Phi) is 6.60. The highest BCUT2D eigenvalue weighted by atomic mass is 19.1. The number of carbonyl (C=O) groups excluding carboxylic acids is 2. The normalized spacial score (nSPS) is 14.0. The van der Waals surface area contributed by atoms with E-state index in [1.165, 1.54) is 25.1 Å². The molecule has 150 valence electrons. The molecule has 0 spiro atoms. The molecule has 2 aromatic rings. The Bertz CT molecular complexity index is 871. The minimum absolute atomic E-state index is 0.0126. The van der Waals surface area contributed by atoms with Crippen LogP contribution in [0.15, 0.2) is 28.8 Å². The van der Waals surface area contributed by atoms with Crippen molar-refractivity contribution < 1.29 is 33.5 Å². The van der Waals surface area contributed by atoms with Gasteiger partial charge in [-0.2, -0.15) is 4.98 Å². The highest BCUT2D eigenvalue weighted by molar-refractivity contribution is 5.83. The van der Waals surface area contributed by atoms with Gasteiger partial charge in [-0.15, -0.1) is 0 Å². The molecule has 0 aliphatic carbocycles. The number of benzene rings is 1. The minimum Gasteiger partial charge on any atom is -0.480 e. The highest BCUT2D eigenvalue weighted by Crippen LogP contribution is 2.21. The predicted octanol–water partition coefficient (Wildman–Crippen LogP) is -0.0746. The van der Waals surface area contributed by atoms with Gasteiger partial charge in [-0.1, -0.05) is 17.3 Å². The molecule has 1 unspecified atom stereocenters. The molecular formula is C16H18FN5O6. The summed E-state index contributed by atoms with van der Waals surface area (Å²) in [7, 11) is 0. The van der Waals surface area contributed by atoms with Gasteiger partial charge in [-0.3, -0.25) is 4.79 Å². The number of amides is 3. The maximum absolute atomic E-state index is 13.3. The number of rotatable bonds is 8. The summed E-state index contributed by atoms with van der Waals surface area (Å²) in [5.41, 5.74) is 5.46. The van der Waals surface area contributed by atoms with Crippen molar-refractivity contribution in [3.8, 4) is 11.4 Å². The van der Waals surface area contributed by atoms with Gasteiger partial charge in [0.25, 0.3) is 0 Å². The molecule has 0 aliphatic heterocycles. The van der Waals surface area contributed by atoms with Gasteiger partial charge in [0.05, 0.1) is 12.5 Å². The topological polar surface area (TPSA) is 181 Å². The highest BCUT2D eigenvalue weighted by Gasteiger charge is 2.28. The number of aliphatic carboxylic acids is 1. The first-order valence-electron chi connectivity index (χ1n) is 8.03. The summed E-state index contributed by atoms with van der Waals surface area (Å²) in [6.07, 6.45) is -1.80. The molecule has 28 heavy (non-hydrogen) atoms. The smallest absolute Gasteiger partial charge is 0.328 e. The molecule has 0 saturated carbocycles. The minimum atomic E-state index is -1.58. The first-order valence-corrected chi connectivity index (χ1v) is 8.03. The molecule has 2 rings (SSSR count). The second-order valence-electron chi connectivity index (χ2n) is 5.86. The molecule has 0 radical (unpaired) electrons. The number of nitrogens with two attached hydrogens (primary N) is 1. The monoisotopic (exact) mass is 395 g/mol. The first kappa shape index (κ1) is 20.8. The van der Waals surface area contributed by atoms with Gasteiger partial charge in [0.2, 0.25) is 17.6 Å². The van der Waals surface area contributed by atoms with Gasteiger partial charge < -0.3 is 31.1 Å². The average molecular weight is 395 g/mol. The third-order valence-electron chi connectivity index (χ3n) is 3.57. The lowest BCUT2D eigenvalue weighted by molar-refractivity contribution is -0.141. The molecule has 0 saturated heterocycles. The number of carboxylic acid groups (broad SMARTS) is 1. The van der Waals surface area contributed by atoms with E-state index in [2.05, 4.69) is 15.5 Å². The number of carbonyl (C=O) groups is 3. The van der Waals surface area contributed by atoms with Crippen LogP contribution < -0.4 is 16.4 Å². The standard InChI is InChI=1S/C16H18FN5O6/c1-7(23)12(15(25)26)20-16(27)19-10(6-11(18)24)14-21-13(22-28-14)8-3-2-4-9(17)5-8/h2-5,7,10,12,23H,6H2,1H3,(H2,18,24)(H,25,26)(H2,19,20,27)/t7?,10-,12-/m0/s1. The lowest BCUT2D eigenvalue weighted by Gasteiger charge is -2.19. The number of halogens is 1. The van der Waals surface area contributed by atoms with Gasteiger partial charge in [-0.25, -0.2) is 14.0 Å². The summed E-state index contributed by atoms with van der Waals surface area (Å²) in [6, 6.07) is 1.60. The Balaban J connectivity index is 2.19. The predicted molar refractivity (Wildman–Crippen MR) is 91.0 cm³/mol. The van der Waals surface area contributed by atoms with Gasteiger partial charge in [0, 0.05) is 5.56 Å². The van der Waals surface area contributed by atoms with Crippen molar-refractivity contribution in [2.24, 2.45) is 5.73 Å². The number of hydrogen-bond donors (Lipinski definition) is 5. The van der Waals surface area contributed by atoms with Crippen molar-refractivity contribution in [1.29, 1.82) is 0 Å². The zero-order chi connectivity index (χ0) is 20.8. The fourth-order valence-electron chi connectivity index (χ4n) is 2.25. The van der Waals surface area contributed by atoms with Crippen LogP contribution in [0.3, 0.4) is 0 Å². The summed E-state index contributed by atoms with van der Waals surface area (Å²) < 4.78 is 18.4. The van der Waals surface area contributed by atoms with E-state index in [4.69, 9.17) is 15.4 Å². The van der Waals surface area contributed by atoms with Crippen LogP contribution in [0.5, 0.6) is 0 Å². The molecule has 1 aromatic heterocycles. The van der Waals surface area contributed by atoms with Crippen LogP contribution >= 0.6 is 0 Å². The molecule has 6 N–H and O–H groups in total. The number of aliphatic hydroxyl groups excluding tert-OH is 1. The third-order valence-corrected chi connectivity index (χ3v) is 3.57. The van der Waals surface area contributed by atoms with Crippen LogP contribution in [-0.4, -0.2) is 50.4 Å². The number of urea groups is 1. The summed E-state index contributed by atoms with van der Waals surface area (Å²) in [6.45, 7) is 1.18. The van der Waals surface area contributed by atoms with E-state index in [1.807, 2.05) is 5.32 Å². The Hall–Kier alpha value is -3.54. The number of aliphatic hydroxyl groups is 1. The van der Waals surface area contributed by atoms with Gasteiger partial charge >= 0.3 is 12.0 Å². The quantitative estimate of drug-likeness (QED) is 0.411. The van der Waals surface area contributed by atoms with Crippen LogP contribution in [0.1, 0.15) is 25.3 Å². The lowest BCUT2D eigenvalue weighted by atomic mass is 10.1. The van der Waals surface area contributed by atoms with Gasteiger partial charge in [-0.05, 0) is 19.1 Å². The Morgan fingerprint density at radius 3 is 2.61 bits per heavy atom. The van der Waals surface area contributed by atoms with Crippen molar-refractivity contribution in [3.05, 3.63) is 36.0 Å². The van der Waals surface area contributed by atoms with E-state index in [0.717, 1.165) is 6.07 Å². The van der Waals surface area contributed by atoms with Crippen molar-refractivity contribution in [1.82, 2.24) is 20.8 Å². The number of carboxylic acids is 1. The van der Waals surface area contributed by atoms with Crippen molar-refractivity contribution >= 4 is 17.9 Å².